The van der Waals surface area contributed by atoms with Gasteiger partial charge in [-0.3, -0.25) is 4.79 Å². The van der Waals surface area contributed by atoms with Crippen LogP contribution in [-0.4, -0.2) is 26.6 Å². The minimum absolute atomic E-state index is 0.0142. The fraction of sp³-hybridized carbons (Fsp3) is 0.833. The number of sulfonamides is 1. The van der Waals surface area contributed by atoms with Crippen molar-refractivity contribution in [3.8, 4) is 0 Å². The van der Waals surface area contributed by atoms with Crippen LogP contribution < -0.4 is 10.5 Å². The van der Waals surface area contributed by atoms with Crippen molar-refractivity contribution in [2.75, 3.05) is 12.3 Å². The summed E-state index contributed by atoms with van der Waals surface area (Å²) in [5.41, 5.74) is 4.76. The molecule has 0 radical (unpaired) electrons. The third-order valence-electron chi connectivity index (χ3n) is 1.02. The van der Waals surface area contributed by atoms with E-state index in [0.29, 0.717) is 0 Å². The molecule has 0 atom stereocenters. The Morgan fingerprint density at radius 2 is 2.00 bits per heavy atom. The molecule has 0 spiro atoms. The van der Waals surface area contributed by atoms with Crippen LogP contribution in [0.2, 0.25) is 0 Å². The smallest absolute Gasteiger partial charge is 0.232 e. The molecule has 0 saturated carbocycles. The van der Waals surface area contributed by atoms with E-state index < -0.39 is 15.9 Å². The fourth-order valence-electron chi connectivity index (χ4n) is 0.679. The summed E-state index contributed by atoms with van der Waals surface area (Å²) in [5.74, 6) is -0.627. The lowest BCUT2D eigenvalue weighted by atomic mass is 10.3. The second-order valence-electron chi connectivity index (χ2n) is 2.96. The maximum absolute atomic E-state index is 11.0. The summed E-state index contributed by atoms with van der Waals surface area (Å²) in [5, 5.41) is 0. The molecule has 3 N–H and O–H groups in total. The topological polar surface area (TPSA) is 89.3 Å². The maximum atomic E-state index is 11.0. The highest BCUT2D eigenvalue weighted by molar-refractivity contribution is 7.89. The first-order valence-electron chi connectivity index (χ1n) is 3.59. The number of carbonyl (C=O) groups is 1. The van der Waals surface area contributed by atoms with E-state index in [2.05, 4.69) is 4.72 Å². The van der Waals surface area contributed by atoms with Gasteiger partial charge in [-0.25, -0.2) is 13.1 Å². The Morgan fingerprint density at radius 1 is 1.50 bits per heavy atom. The molecule has 0 aliphatic carbocycles. The lowest BCUT2D eigenvalue weighted by Gasteiger charge is -2.06. The molecule has 0 fully saturated rings. The van der Waals surface area contributed by atoms with Gasteiger partial charge in [0.05, 0.1) is 12.3 Å². The average molecular weight is 194 g/mol. The molecular weight excluding hydrogens is 180 g/mol. The van der Waals surface area contributed by atoms with Gasteiger partial charge in [0.15, 0.2) is 0 Å². The lowest BCUT2D eigenvalue weighted by Crippen LogP contribution is -2.35. The molecule has 1 amide bonds. The van der Waals surface area contributed by atoms with E-state index in [1.165, 1.54) is 0 Å². The molecule has 0 unspecified atom stereocenters. The zero-order valence-electron chi connectivity index (χ0n) is 7.20. The van der Waals surface area contributed by atoms with E-state index in [9.17, 15) is 13.2 Å². The van der Waals surface area contributed by atoms with Gasteiger partial charge in [-0.15, -0.1) is 0 Å². The van der Waals surface area contributed by atoms with Crippen LogP contribution in [0.4, 0.5) is 0 Å². The molecule has 0 bridgehead atoms. The number of hydrogen-bond donors (Lipinski definition) is 2. The van der Waals surface area contributed by atoms with E-state index in [4.69, 9.17) is 5.73 Å². The van der Waals surface area contributed by atoms with Crippen LogP contribution in [0.15, 0.2) is 0 Å². The van der Waals surface area contributed by atoms with Crippen molar-refractivity contribution >= 4 is 15.9 Å². The van der Waals surface area contributed by atoms with Gasteiger partial charge in [0, 0.05) is 0 Å². The number of amides is 1. The van der Waals surface area contributed by atoms with Crippen LogP contribution in [0.25, 0.3) is 0 Å². The first-order chi connectivity index (χ1) is 5.33. The molecule has 12 heavy (non-hydrogen) atoms. The highest BCUT2D eigenvalue weighted by Gasteiger charge is 2.12. The molecule has 0 heterocycles. The van der Waals surface area contributed by atoms with Crippen LogP contribution in [0, 0.1) is 5.92 Å². The number of hydrogen-bond acceptors (Lipinski definition) is 3. The van der Waals surface area contributed by atoms with Gasteiger partial charge >= 0.3 is 0 Å². The van der Waals surface area contributed by atoms with E-state index in [-0.39, 0.29) is 18.2 Å². The van der Waals surface area contributed by atoms with E-state index in [1.807, 2.05) is 0 Å². The van der Waals surface area contributed by atoms with Crippen LogP contribution in [0.3, 0.4) is 0 Å². The molecule has 0 aliphatic rings. The van der Waals surface area contributed by atoms with Crippen molar-refractivity contribution in [3.63, 3.8) is 0 Å². The van der Waals surface area contributed by atoms with Crippen molar-refractivity contribution in [2.45, 2.75) is 13.8 Å². The highest BCUT2D eigenvalue weighted by atomic mass is 32.2. The second-order valence-corrected chi connectivity index (χ2v) is 4.81. The first-order valence-corrected chi connectivity index (χ1v) is 5.24. The van der Waals surface area contributed by atoms with E-state index in [1.54, 1.807) is 13.8 Å². The normalized spacial score (nSPS) is 11.9. The zero-order valence-corrected chi connectivity index (χ0v) is 8.02. The molecule has 0 aromatic carbocycles. The van der Waals surface area contributed by atoms with Crippen LogP contribution in [0.1, 0.15) is 13.8 Å². The predicted octanol–water partition coefficient (Wildman–Crippen LogP) is -0.953. The second kappa shape index (κ2) is 4.42. The third-order valence-corrected chi connectivity index (χ3v) is 2.71. The van der Waals surface area contributed by atoms with Gasteiger partial charge in [-0.05, 0) is 5.92 Å². The molecule has 0 rings (SSSR count). The molecule has 6 heteroatoms. The molecule has 5 nitrogen and oxygen atoms in total. The van der Waals surface area contributed by atoms with Gasteiger partial charge in [-0.2, -0.15) is 0 Å². The summed E-state index contributed by atoms with van der Waals surface area (Å²) >= 11 is 0. The minimum Gasteiger partial charge on any atom is -0.369 e. The first kappa shape index (κ1) is 11.4. The van der Waals surface area contributed by atoms with Crippen molar-refractivity contribution < 1.29 is 13.2 Å². The number of nitrogens with two attached hydrogens (primary N) is 1. The highest BCUT2D eigenvalue weighted by Crippen LogP contribution is 1.96. The summed E-state index contributed by atoms with van der Waals surface area (Å²) in [4.78, 5) is 10.2. The molecule has 0 aliphatic heterocycles. The van der Waals surface area contributed by atoms with Gasteiger partial charge in [0.2, 0.25) is 15.9 Å². The van der Waals surface area contributed by atoms with Crippen LogP contribution in [0.5, 0.6) is 0 Å². The summed E-state index contributed by atoms with van der Waals surface area (Å²) in [6.07, 6.45) is 0. The Balaban J connectivity index is 3.98. The third kappa shape index (κ3) is 6.11. The standard InChI is InChI=1S/C6H14N2O3S/c1-5(2)4-12(10,11)8-3-6(7)9/h5,8H,3-4H2,1-2H3,(H2,7,9). The van der Waals surface area contributed by atoms with Gasteiger partial charge in [0.25, 0.3) is 0 Å². The predicted molar refractivity (Wildman–Crippen MR) is 45.8 cm³/mol. The monoisotopic (exact) mass is 194 g/mol. The largest absolute Gasteiger partial charge is 0.369 e. The Morgan fingerprint density at radius 3 is 2.33 bits per heavy atom. The SMILES string of the molecule is CC(C)CS(=O)(=O)NCC(N)=O. The quantitative estimate of drug-likeness (QED) is 0.591. The Bertz CT molecular complexity index is 246. The summed E-state index contributed by atoms with van der Waals surface area (Å²) < 4.78 is 24.1. The van der Waals surface area contributed by atoms with Crippen LogP contribution in [-0.2, 0) is 14.8 Å². The average Bonchev–Trinajstić information content (AvgIpc) is 1.81. The van der Waals surface area contributed by atoms with Gasteiger partial charge in [-0.1, -0.05) is 13.8 Å². The minimum atomic E-state index is -3.33. The summed E-state index contributed by atoms with van der Waals surface area (Å²) in [7, 11) is -3.33. The van der Waals surface area contributed by atoms with Gasteiger partial charge in [0.1, 0.15) is 0 Å². The maximum Gasteiger partial charge on any atom is 0.232 e. The molecule has 72 valence electrons. The number of rotatable bonds is 5. The van der Waals surface area contributed by atoms with E-state index >= 15 is 0 Å². The summed E-state index contributed by atoms with van der Waals surface area (Å²) in [6, 6.07) is 0. The molecule has 0 aromatic rings. The molecular formula is C6H14N2O3S. The van der Waals surface area contributed by atoms with E-state index in [0.717, 1.165) is 0 Å². The van der Waals surface area contributed by atoms with Crippen molar-refractivity contribution in [1.82, 2.24) is 4.72 Å². The number of carbonyl (C=O) groups excluding carboxylic acids is 1. The molecule has 0 aromatic heterocycles. The lowest BCUT2D eigenvalue weighted by molar-refractivity contribution is -0.116. The Hall–Kier alpha value is -0.620. The fourth-order valence-corrected chi connectivity index (χ4v) is 2.04. The molecule has 0 saturated heterocycles. The van der Waals surface area contributed by atoms with Crippen molar-refractivity contribution in [3.05, 3.63) is 0 Å². The zero-order chi connectivity index (χ0) is 9.78. The number of primary amides is 1. The Kier molecular flexibility index (Phi) is 4.19. The van der Waals surface area contributed by atoms with Crippen molar-refractivity contribution in [1.29, 1.82) is 0 Å². The van der Waals surface area contributed by atoms with Crippen molar-refractivity contribution in [2.24, 2.45) is 11.7 Å². The van der Waals surface area contributed by atoms with Crippen LogP contribution >= 0.6 is 0 Å². The van der Waals surface area contributed by atoms with Gasteiger partial charge < -0.3 is 5.73 Å². The number of nitrogens with one attached hydrogen (secondary N) is 1. The Labute approximate surface area is 72.4 Å². The summed E-state index contributed by atoms with van der Waals surface area (Å²) in [6.45, 7) is 3.24.